The Morgan fingerprint density at radius 3 is 2.62 bits per heavy atom. The number of benzene rings is 3. The summed E-state index contributed by atoms with van der Waals surface area (Å²) in [7, 11) is 0. The fourth-order valence-corrected chi connectivity index (χ4v) is 6.53. The maximum atomic E-state index is 16.0. The van der Waals surface area contributed by atoms with Crippen LogP contribution in [0.2, 0.25) is 0 Å². The van der Waals surface area contributed by atoms with Crippen LogP contribution in [0.4, 0.5) is 14.9 Å². The van der Waals surface area contributed by atoms with Gasteiger partial charge >= 0.3 is 6.09 Å². The van der Waals surface area contributed by atoms with Crippen molar-refractivity contribution in [3.8, 4) is 17.2 Å². The number of nitrogens with one attached hydrogen (secondary N) is 2. The highest BCUT2D eigenvalue weighted by molar-refractivity contribution is 6.03. The van der Waals surface area contributed by atoms with E-state index in [1.807, 2.05) is 36.4 Å². The summed E-state index contributed by atoms with van der Waals surface area (Å²) in [6.45, 7) is 9.95. The molecule has 2 fully saturated rings. The summed E-state index contributed by atoms with van der Waals surface area (Å²) < 4.78 is 35.1. The first-order chi connectivity index (χ1) is 22.6. The van der Waals surface area contributed by atoms with E-state index in [0.717, 1.165) is 23.9 Å². The van der Waals surface area contributed by atoms with Crippen molar-refractivity contribution in [1.82, 2.24) is 19.7 Å². The van der Waals surface area contributed by atoms with Crippen LogP contribution in [0, 0.1) is 5.82 Å². The van der Waals surface area contributed by atoms with Gasteiger partial charge in [0.2, 0.25) is 5.43 Å². The Morgan fingerprint density at radius 1 is 1.04 bits per heavy atom. The van der Waals surface area contributed by atoms with Crippen molar-refractivity contribution in [3.63, 3.8) is 0 Å². The monoisotopic (exact) mass is 643 g/mol. The van der Waals surface area contributed by atoms with Gasteiger partial charge in [-0.1, -0.05) is 30.3 Å². The number of carbonyl (C=O) groups excluding carboxylic acids is 2. The Morgan fingerprint density at radius 2 is 1.83 bits per heavy atom. The molecule has 2 N–H and O–H groups in total. The van der Waals surface area contributed by atoms with E-state index >= 15 is 4.39 Å². The van der Waals surface area contributed by atoms with Crippen LogP contribution in [0.15, 0.2) is 53.5 Å². The molecule has 2 amide bonds. The summed E-state index contributed by atoms with van der Waals surface area (Å²) in [5.41, 5.74) is -0.154. The first-order valence-corrected chi connectivity index (χ1v) is 16.0. The third-order valence-electron chi connectivity index (χ3n) is 8.78. The molecule has 7 rings (SSSR count). The number of alkyl carbamates (subject to hydrolysis) is 1. The zero-order valence-corrected chi connectivity index (χ0v) is 26.7. The maximum absolute atomic E-state index is 16.0. The van der Waals surface area contributed by atoms with Gasteiger partial charge in [0.15, 0.2) is 17.3 Å². The molecule has 3 aromatic carbocycles. The van der Waals surface area contributed by atoms with E-state index in [-0.39, 0.29) is 35.0 Å². The van der Waals surface area contributed by atoms with Gasteiger partial charge in [0.25, 0.3) is 5.91 Å². The molecule has 3 aliphatic rings. The van der Waals surface area contributed by atoms with Crippen molar-refractivity contribution in [2.75, 3.05) is 57.8 Å². The average Bonchev–Trinajstić information content (AvgIpc) is 3.50. The van der Waals surface area contributed by atoms with Crippen LogP contribution in [-0.2, 0) is 9.47 Å². The van der Waals surface area contributed by atoms with Crippen LogP contribution < -0.4 is 20.8 Å². The van der Waals surface area contributed by atoms with Gasteiger partial charge in [-0.2, -0.15) is 0 Å². The fourth-order valence-electron chi connectivity index (χ4n) is 6.53. The molecular weight excluding hydrogens is 605 g/mol. The zero-order valence-electron chi connectivity index (χ0n) is 26.7. The normalized spacial score (nSPS) is 17.8. The summed E-state index contributed by atoms with van der Waals surface area (Å²) in [6.07, 6.45) is 1.48. The summed E-state index contributed by atoms with van der Waals surface area (Å²) in [4.78, 5) is 44.0. The lowest BCUT2D eigenvalue weighted by atomic mass is 10.0. The molecule has 1 aromatic heterocycles. The van der Waals surface area contributed by atoms with E-state index in [9.17, 15) is 14.4 Å². The minimum absolute atomic E-state index is 0.0449. The number of nitrogens with zero attached hydrogens (tertiary/aromatic N) is 3. The number of anilines is 1. The number of pyridine rings is 1. The first kappa shape index (κ1) is 30.9. The van der Waals surface area contributed by atoms with Gasteiger partial charge < -0.3 is 34.3 Å². The third-order valence-corrected chi connectivity index (χ3v) is 8.78. The van der Waals surface area contributed by atoms with E-state index in [4.69, 9.17) is 14.2 Å². The molecule has 0 spiro atoms. The SMILES string of the molecule is CC(C)(C)OC(=O)N[C@@H]1CCN(C(=O)c2cn3c4c(c(NCCN5CCOCC5)c(F)cc4c2=O)Oc2c-3ccc3ccccc23)C1. The van der Waals surface area contributed by atoms with Crippen molar-refractivity contribution in [1.29, 1.82) is 0 Å². The maximum Gasteiger partial charge on any atom is 0.407 e. The predicted molar refractivity (Wildman–Crippen MR) is 177 cm³/mol. The second-order valence-corrected chi connectivity index (χ2v) is 13.2. The molecule has 0 radical (unpaired) electrons. The molecule has 4 heterocycles. The largest absolute Gasteiger partial charge is 0.450 e. The Labute approximate surface area is 271 Å². The van der Waals surface area contributed by atoms with E-state index in [0.29, 0.717) is 56.2 Å². The highest BCUT2D eigenvalue weighted by atomic mass is 19.1. The Hall–Kier alpha value is -4.68. The van der Waals surface area contributed by atoms with Crippen LogP contribution in [0.5, 0.6) is 11.5 Å². The number of ether oxygens (including phenoxy) is 3. The lowest BCUT2D eigenvalue weighted by Gasteiger charge is -2.29. The number of amides is 2. The van der Waals surface area contributed by atoms with Gasteiger partial charge in [-0.25, -0.2) is 9.18 Å². The first-order valence-electron chi connectivity index (χ1n) is 16.0. The van der Waals surface area contributed by atoms with Gasteiger partial charge in [0.05, 0.1) is 30.3 Å². The van der Waals surface area contributed by atoms with E-state index in [1.54, 1.807) is 25.3 Å². The quantitative estimate of drug-likeness (QED) is 0.270. The molecule has 47 heavy (non-hydrogen) atoms. The van der Waals surface area contributed by atoms with Crippen LogP contribution in [0.3, 0.4) is 0 Å². The molecule has 11 nitrogen and oxygen atoms in total. The number of hydrogen-bond acceptors (Lipinski definition) is 8. The smallest absolute Gasteiger partial charge is 0.407 e. The highest BCUT2D eigenvalue weighted by Crippen LogP contribution is 2.47. The van der Waals surface area contributed by atoms with Crippen molar-refractivity contribution in [2.45, 2.75) is 38.8 Å². The molecule has 0 unspecified atom stereocenters. The number of fused-ring (bicyclic) bond motifs is 4. The third kappa shape index (κ3) is 5.98. The van der Waals surface area contributed by atoms with Crippen molar-refractivity contribution >= 4 is 39.4 Å². The van der Waals surface area contributed by atoms with Crippen LogP contribution in [-0.4, -0.2) is 90.5 Å². The Bertz CT molecular complexity index is 1950. The molecular formula is C35H38FN5O6. The van der Waals surface area contributed by atoms with Gasteiger partial charge in [0.1, 0.15) is 22.4 Å². The Balaban J connectivity index is 1.27. The number of halogens is 1. The molecule has 0 saturated carbocycles. The fraction of sp³-hybridized carbons (Fsp3) is 0.400. The summed E-state index contributed by atoms with van der Waals surface area (Å²) in [5.74, 6) is -0.430. The van der Waals surface area contributed by atoms with E-state index in [1.165, 1.54) is 17.2 Å². The van der Waals surface area contributed by atoms with Crippen molar-refractivity contribution in [2.24, 2.45) is 0 Å². The molecule has 0 aliphatic carbocycles. The van der Waals surface area contributed by atoms with Gasteiger partial charge in [0, 0.05) is 50.9 Å². The van der Waals surface area contributed by atoms with E-state index in [2.05, 4.69) is 15.5 Å². The topological polar surface area (TPSA) is 114 Å². The molecule has 0 bridgehead atoms. The summed E-state index contributed by atoms with van der Waals surface area (Å²) >= 11 is 0. The van der Waals surface area contributed by atoms with Crippen LogP contribution in [0.1, 0.15) is 37.6 Å². The van der Waals surface area contributed by atoms with Gasteiger partial charge in [-0.05, 0) is 44.7 Å². The summed E-state index contributed by atoms with van der Waals surface area (Å²) in [5, 5.41) is 7.84. The lowest BCUT2D eigenvalue weighted by Crippen LogP contribution is -2.41. The molecule has 2 saturated heterocycles. The van der Waals surface area contributed by atoms with Crippen molar-refractivity contribution in [3.05, 3.63) is 70.3 Å². The molecule has 12 heteroatoms. The number of rotatable bonds is 6. The second-order valence-electron chi connectivity index (χ2n) is 13.2. The molecule has 1 atom stereocenters. The standard InChI is InChI=1S/C35H38FN5O6/c1-35(2,3)47-34(44)38-22-10-12-40(19-22)33(43)25-20-41-27-9-8-21-6-4-5-7-23(21)31(27)46-32-28(26(36)18-24(29(32)41)30(25)42)37-11-13-39-14-16-45-17-15-39/h4-9,18,20,22,37H,10-17,19H2,1-3H3,(H,38,44)/t22-/m1/s1. The van der Waals surface area contributed by atoms with E-state index < -0.39 is 28.8 Å². The minimum atomic E-state index is -0.656. The Kier molecular flexibility index (Phi) is 8.01. The van der Waals surface area contributed by atoms with Gasteiger partial charge in [-0.3, -0.25) is 14.5 Å². The predicted octanol–water partition coefficient (Wildman–Crippen LogP) is 4.87. The number of carbonyl (C=O) groups is 2. The number of aromatic nitrogens is 1. The summed E-state index contributed by atoms with van der Waals surface area (Å²) in [6, 6.07) is 12.4. The second kappa shape index (κ2) is 12.2. The number of likely N-dealkylation sites (tertiary alicyclic amines) is 1. The van der Waals surface area contributed by atoms with Gasteiger partial charge in [-0.15, -0.1) is 0 Å². The number of morpholine rings is 1. The number of hydrogen-bond donors (Lipinski definition) is 2. The van der Waals surface area contributed by atoms with Crippen molar-refractivity contribution < 1.29 is 28.2 Å². The highest BCUT2D eigenvalue weighted by Gasteiger charge is 2.34. The van der Waals surface area contributed by atoms with Crippen LogP contribution in [0.25, 0.3) is 27.4 Å². The molecule has 246 valence electrons. The lowest BCUT2D eigenvalue weighted by molar-refractivity contribution is 0.0398. The van der Waals surface area contributed by atoms with Crippen LogP contribution >= 0.6 is 0 Å². The average molecular weight is 644 g/mol. The molecule has 4 aromatic rings. The molecule has 3 aliphatic heterocycles. The minimum Gasteiger partial charge on any atom is -0.450 e. The zero-order chi connectivity index (χ0) is 32.9.